The molecule has 1 unspecified atom stereocenters. The molecule has 3 saturated heterocycles. The number of ether oxygens (including phenoxy) is 2. The number of aromatic nitrogens is 1. The number of carbonyl (C=O) groups excluding carboxylic acids is 4. The summed E-state index contributed by atoms with van der Waals surface area (Å²) >= 11 is 7.84. The van der Waals surface area contributed by atoms with Gasteiger partial charge >= 0.3 is 0 Å². The van der Waals surface area contributed by atoms with Gasteiger partial charge in [-0.15, -0.1) is 11.3 Å². The van der Waals surface area contributed by atoms with Crippen molar-refractivity contribution in [2.45, 2.75) is 97.2 Å². The van der Waals surface area contributed by atoms with Crippen molar-refractivity contribution in [2.24, 2.45) is 16.7 Å². The van der Waals surface area contributed by atoms with Crippen LogP contribution in [0.2, 0.25) is 5.02 Å². The molecule has 1 aliphatic carbocycles. The van der Waals surface area contributed by atoms with Gasteiger partial charge in [0.05, 0.1) is 58.6 Å². The Kier molecular flexibility index (Phi) is 15.7. The molecular weight excluding hydrogens is 928 g/mol. The number of benzene rings is 3. The number of aliphatic hydroxyl groups is 1. The fourth-order valence-corrected chi connectivity index (χ4v) is 12.0. The van der Waals surface area contributed by atoms with E-state index in [0.717, 1.165) is 59.7 Å². The Hall–Kier alpha value is -5.41. The van der Waals surface area contributed by atoms with E-state index in [2.05, 4.69) is 64.5 Å². The monoisotopic (exact) mass is 992 g/mol. The topological polar surface area (TPSA) is 189 Å². The number of halogens is 1. The first kappa shape index (κ1) is 51.0. The summed E-state index contributed by atoms with van der Waals surface area (Å²) in [4.78, 5) is 66.3. The number of β-amino-alcohol motifs (C(OH)–C–C–N with tert-alkyl or cyclic N) is 1. The predicted octanol–water partition coefficient (Wildman–Crippen LogP) is 5.78. The van der Waals surface area contributed by atoms with Crippen LogP contribution in [0.3, 0.4) is 0 Å². The van der Waals surface area contributed by atoms with E-state index in [-0.39, 0.29) is 78.1 Å². The normalized spacial score (nSPS) is 23.0. The van der Waals surface area contributed by atoms with Crippen LogP contribution < -0.4 is 20.7 Å². The lowest BCUT2D eigenvalue weighted by Crippen LogP contribution is -2.74. The van der Waals surface area contributed by atoms with Gasteiger partial charge in [0.25, 0.3) is 5.91 Å². The van der Waals surface area contributed by atoms with Gasteiger partial charge in [-0.3, -0.25) is 24.1 Å². The molecule has 17 heteroatoms. The molecule has 4 amide bonds. The molecule has 1 aromatic heterocycles. The maximum absolute atomic E-state index is 14.2. The fourth-order valence-electron chi connectivity index (χ4n) is 10.9. The van der Waals surface area contributed by atoms with Crippen molar-refractivity contribution < 1.29 is 33.8 Å². The van der Waals surface area contributed by atoms with Crippen LogP contribution in [0.25, 0.3) is 10.4 Å². The number of thiazole rings is 1. The first-order chi connectivity index (χ1) is 33.4. The second kappa shape index (κ2) is 21.5. The second-order valence-electron chi connectivity index (χ2n) is 20.6. The zero-order valence-electron chi connectivity index (χ0n) is 40.9. The standard InChI is InChI=1S/C53H65ClN8O7S/c1-32(35-13-15-36(16-14-35)46-33(2)56-31-70-46)57-48(66)43-24-40(63)27-62(43)49(67)45(39-29-68-30-39)58-44(64)28-61-22-20-60(21-23-61)19-7-8-34-9-11-37(12-10-34)47(65)59-50-52(3,4)51(53(50,5)6)69-41-18-17-38(26-55)42(54)25-41/h9-18,25,31-32,39-40,43,45,50-51,63H,7-8,19-24,27-30H2,1-6H3,(H,57,66)(H,58,64)(H,59,65)/t32?,40-,43+,45+,50-,51-/m1/s1. The van der Waals surface area contributed by atoms with Crippen molar-refractivity contribution >= 4 is 46.6 Å². The van der Waals surface area contributed by atoms with Crippen LogP contribution >= 0.6 is 22.9 Å². The highest BCUT2D eigenvalue weighted by atomic mass is 35.5. The summed E-state index contributed by atoms with van der Waals surface area (Å²) in [7, 11) is 0. The summed E-state index contributed by atoms with van der Waals surface area (Å²) in [6, 6.07) is 20.7. The molecule has 8 rings (SSSR count). The molecule has 4 aliphatic rings. The molecule has 15 nitrogen and oxygen atoms in total. The molecule has 3 aliphatic heterocycles. The van der Waals surface area contributed by atoms with E-state index in [1.54, 1.807) is 29.5 Å². The van der Waals surface area contributed by atoms with Crippen molar-refractivity contribution in [3.05, 3.63) is 105 Å². The van der Waals surface area contributed by atoms with Crippen LogP contribution in [0.4, 0.5) is 0 Å². The summed E-state index contributed by atoms with van der Waals surface area (Å²) in [5.74, 6) is -0.758. The lowest BCUT2D eigenvalue weighted by Gasteiger charge is -2.63. The van der Waals surface area contributed by atoms with E-state index in [1.807, 2.05) is 67.9 Å². The Bertz CT molecular complexity index is 2550. The van der Waals surface area contributed by atoms with Gasteiger partial charge in [0.1, 0.15) is 30.0 Å². The minimum atomic E-state index is -0.874. The Morgan fingerprint density at radius 2 is 1.66 bits per heavy atom. The quantitative estimate of drug-likeness (QED) is 0.101. The lowest BCUT2D eigenvalue weighted by atomic mass is 9.49. The molecule has 0 spiro atoms. The van der Waals surface area contributed by atoms with Crippen LogP contribution in [0.15, 0.2) is 72.2 Å². The first-order valence-electron chi connectivity index (χ1n) is 24.3. The molecule has 372 valence electrons. The number of nitrogens with zero attached hydrogens (tertiary/aromatic N) is 5. The molecular formula is C53H65ClN8O7S. The first-order valence-corrected chi connectivity index (χ1v) is 25.6. The number of rotatable bonds is 17. The van der Waals surface area contributed by atoms with Gasteiger partial charge in [0.2, 0.25) is 17.7 Å². The van der Waals surface area contributed by atoms with Crippen molar-refractivity contribution in [1.82, 2.24) is 35.6 Å². The average molecular weight is 994 g/mol. The van der Waals surface area contributed by atoms with E-state index in [0.29, 0.717) is 48.2 Å². The van der Waals surface area contributed by atoms with Crippen molar-refractivity contribution in [3.63, 3.8) is 0 Å². The van der Waals surface area contributed by atoms with Gasteiger partial charge in [-0.05, 0) is 74.2 Å². The molecule has 70 heavy (non-hydrogen) atoms. The Morgan fingerprint density at radius 3 is 2.27 bits per heavy atom. The Morgan fingerprint density at radius 1 is 0.971 bits per heavy atom. The molecule has 4 atom stereocenters. The highest BCUT2D eigenvalue weighted by Gasteiger charge is 2.64. The zero-order valence-corrected chi connectivity index (χ0v) is 42.4. The van der Waals surface area contributed by atoms with Crippen LogP contribution in [0.5, 0.6) is 5.75 Å². The van der Waals surface area contributed by atoms with Crippen LogP contribution in [0, 0.1) is 35.0 Å². The van der Waals surface area contributed by atoms with Crippen molar-refractivity contribution in [3.8, 4) is 22.3 Å². The predicted molar refractivity (Wildman–Crippen MR) is 268 cm³/mol. The van der Waals surface area contributed by atoms with Crippen LogP contribution in [-0.4, -0.2) is 138 Å². The number of aryl methyl sites for hydroxylation is 2. The average Bonchev–Trinajstić information content (AvgIpc) is 3.94. The Labute approximate surface area is 419 Å². The zero-order chi connectivity index (χ0) is 49.9. The van der Waals surface area contributed by atoms with Gasteiger partial charge < -0.3 is 40.3 Å². The van der Waals surface area contributed by atoms with Gasteiger partial charge in [0.15, 0.2) is 0 Å². The van der Waals surface area contributed by atoms with Gasteiger partial charge in [-0.2, -0.15) is 5.26 Å². The van der Waals surface area contributed by atoms with Crippen molar-refractivity contribution in [1.29, 1.82) is 5.26 Å². The summed E-state index contributed by atoms with van der Waals surface area (Å²) in [6.45, 7) is 17.0. The summed E-state index contributed by atoms with van der Waals surface area (Å²) in [5, 5.41) is 29.6. The minimum absolute atomic E-state index is 0.00844. The van der Waals surface area contributed by atoms with E-state index in [1.165, 1.54) is 4.90 Å². The fraction of sp³-hybridized carbons (Fsp3) is 0.509. The highest BCUT2D eigenvalue weighted by Crippen LogP contribution is 2.55. The van der Waals surface area contributed by atoms with Gasteiger partial charge in [-0.1, -0.05) is 75.7 Å². The number of amides is 4. The number of hydrogen-bond donors (Lipinski definition) is 4. The van der Waals surface area contributed by atoms with Crippen LogP contribution in [-0.2, 0) is 25.5 Å². The molecule has 4 N–H and O–H groups in total. The smallest absolute Gasteiger partial charge is 0.251 e. The number of piperazine rings is 1. The second-order valence-corrected chi connectivity index (χ2v) is 21.8. The van der Waals surface area contributed by atoms with E-state index in [9.17, 15) is 29.5 Å². The summed E-state index contributed by atoms with van der Waals surface area (Å²) < 4.78 is 11.8. The largest absolute Gasteiger partial charge is 0.489 e. The number of carbonyl (C=O) groups is 4. The Balaban J connectivity index is 0.759. The lowest BCUT2D eigenvalue weighted by molar-refractivity contribution is -0.164. The number of aliphatic hydroxyl groups excluding tert-OH is 1. The molecule has 1 saturated carbocycles. The number of likely N-dealkylation sites (tertiary alicyclic amines) is 1. The molecule has 0 radical (unpaired) electrons. The molecule has 4 aromatic rings. The molecule has 0 bridgehead atoms. The molecule has 4 heterocycles. The van der Waals surface area contributed by atoms with Crippen LogP contribution in [0.1, 0.15) is 86.2 Å². The highest BCUT2D eigenvalue weighted by molar-refractivity contribution is 7.13. The third kappa shape index (κ3) is 11.2. The minimum Gasteiger partial charge on any atom is -0.489 e. The molecule has 4 fully saturated rings. The maximum atomic E-state index is 14.2. The number of nitrogens with one attached hydrogen (secondary N) is 3. The number of hydrogen-bond acceptors (Lipinski definition) is 12. The number of nitriles is 1. The molecule has 3 aromatic carbocycles. The SMILES string of the molecule is Cc1ncsc1-c1ccc(C(C)NC(=O)[C@@H]2C[C@@H](O)CN2C(=O)[C@@H](NC(=O)CN2CCN(CCCc3ccc(C(=O)N[C@H]4C(C)(C)[C@H](Oc5ccc(C#N)c(Cl)c5)C4(C)C)cc3)CC2)C2COC2)cc1. The van der Waals surface area contributed by atoms with Gasteiger partial charge in [-0.25, -0.2) is 4.98 Å². The van der Waals surface area contributed by atoms with Gasteiger partial charge in [0, 0.05) is 73.6 Å². The summed E-state index contributed by atoms with van der Waals surface area (Å²) in [6.07, 6.45) is 0.868. The summed E-state index contributed by atoms with van der Waals surface area (Å²) in [5.41, 5.74) is 6.17. The third-order valence-electron chi connectivity index (χ3n) is 14.8. The van der Waals surface area contributed by atoms with E-state index in [4.69, 9.17) is 21.1 Å². The van der Waals surface area contributed by atoms with E-state index >= 15 is 0 Å². The third-order valence-corrected chi connectivity index (χ3v) is 16.1. The van der Waals surface area contributed by atoms with E-state index < -0.39 is 18.2 Å². The van der Waals surface area contributed by atoms with Crippen molar-refractivity contribution in [2.75, 3.05) is 59.0 Å². The maximum Gasteiger partial charge on any atom is 0.251 e.